The van der Waals surface area contributed by atoms with Crippen LogP contribution in [0.2, 0.25) is 5.02 Å². The highest BCUT2D eigenvalue weighted by atomic mass is 35.5. The summed E-state index contributed by atoms with van der Waals surface area (Å²) in [6.07, 6.45) is 3.29. The first-order valence-electron chi connectivity index (χ1n) is 8.04. The Balaban J connectivity index is 1.83. The number of hydrogen-bond donors (Lipinski definition) is 1. The summed E-state index contributed by atoms with van der Waals surface area (Å²) in [7, 11) is 0. The van der Waals surface area contributed by atoms with Gasteiger partial charge in [0.2, 0.25) is 0 Å². The highest BCUT2D eigenvalue weighted by Gasteiger charge is 2.12. The molecule has 0 saturated carbocycles. The maximum Gasteiger partial charge on any atom is 0.191 e. The SMILES string of the molecule is CCc1cccc(C=Nc2n[nH]c(Cc3ccc(Cl)cc3)c2C#N)c1. The molecule has 2 aromatic carbocycles. The fraction of sp³-hybridized carbons (Fsp3) is 0.150. The average Bonchev–Trinajstić information content (AvgIpc) is 3.03. The lowest BCUT2D eigenvalue weighted by Crippen LogP contribution is -1.91. The van der Waals surface area contributed by atoms with Gasteiger partial charge in [-0.05, 0) is 35.2 Å². The van der Waals surface area contributed by atoms with Gasteiger partial charge in [-0.3, -0.25) is 5.10 Å². The van der Waals surface area contributed by atoms with E-state index in [2.05, 4.69) is 40.3 Å². The number of benzene rings is 2. The molecule has 0 fully saturated rings. The van der Waals surface area contributed by atoms with Crippen LogP contribution < -0.4 is 0 Å². The number of nitrogens with zero attached hydrogens (tertiary/aromatic N) is 3. The van der Waals surface area contributed by atoms with E-state index in [4.69, 9.17) is 11.6 Å². The van der Waals surface area contributed by atoms with Crippen LogP contribution in [-0.4, -0.2) is 16.4 Å². The molecule has 0 saturated heterocycles. The molecule has 3 rings (SSSR count). The first kappa shape index (κ1) is 16.9. The number of nitrogens with one attached hydrogen (secondary N) is 1. The molecule has 0 atom stereocenters. The molecule has 0 spiro atoms. The largest absolute Gasteiger partial charge is 0.279 e. The molecule has 0 aliphatic rings. The number of aromatic nitrogens is 2. The van der Waals surface area contributed by atoms with Gasteiger partial charge in [-0.2, -0.15) is 10.4 Å². The van der Waals surface area contributed by atoms with Gasteiger partial charge >= 0.3 is 0 Å². The monoisotopic (exact) mass is 348 g/mol. The summed E-state index contributed by atoms with van der Waals surface area (Å²) in [6, 6.07) is 17.9. The second-order valence-corrected chi connectivity index (χ2v) is 6.11. The van der Waals surface area contributed by atoms with Crippen LogP contribution in [0.5, 0.6) is 0 Å². The molecule has 0 amide bonds. The molecular weight excluding hydrogens is 332 g/mol. The van der Waals surface area contributed by atoms with Crippen molar-refractivity contribution in [2.24, 2.45) is 4.99 Å². The highest BCUT2D eigenvalue weighted by Crippen LogP contribution is 2.22. The standard InChI is InChI=1S/C20H17ClN4/c1-2-14-4-3-5-16(10-14)13-23-20-18(12-22)19(24-25-20)11-15-6-8-17(21)9-7-15/h3-10,13H,2,11H2,1H3,(H,24,25). The molecule has 5 heteroatoms. The fourth-order valence-electron chi connectivity index (χ4n) is 2.54. The average molecular weight is 349 g/mol. The molecule has 124 valence electrons. The predicted octanol–water partition coefficient (Wildman–Crippen LogP) is 4.84. The minimum Gasteiger partial charge on any atom is -0.279 e. The van der Waals surface area contributed by atoms with E-state index >= 15 is 0 Å². The maximum absolute atomic E-state index is 9.48. The summed E-state index contributed by atoms with van der Waals surface area (Å²) in [6.45, 7) is 2.11. The van der Waals surface area contributed by atoms with E-state index < -0.39 is 0 Å². The van der Waals surface area contributed by atoms with Crippen LogP contribution in [0.1, 0.15) is 34.9 Å². The van der Waals surface area contributed by atoms with Gasteiger partial charge in [0.15, 0.2) is 5.82 Å². The minimum absolute atomic E-state index is 0.411. The second-order valence-electron chi connectivity index (χ2n) is 5.67. The third-order valence-electron chi connectivity index (χ3n) is 3.92. The molecule has 0 aliphatic heterocycles. The Kier molecular flexibility index (Phi) is 5.27. The van der Waals surface area contributed by atoms with Crippen LogP contribution in [0.3, 0.4) is 0 Å². The second kappa shape index (κ2) is 7.78. The van der Waals surface area contributed by atoms with Crippen molar-refractivity contribution in [3.63, 3.8) is 0 Å². The zero-order valence-corrected chi connectivity index (χ0v) is 14.6. The first-order valence-corrected chi connectivity index (χ1v) is 8.42. The molecule has 0 unspecified atom stereocenters. The molecule has 4 nitrogen and oxygen atoms in total. The summed E-state index contributed by atoms with van der Waals surface area (Å²) in [5.41, 5.74) is 4.51. The first-order chi connectivity index (χ1) is 12.2. The van der Waals surface area contributed by atoms with Crippen molar-refractivity contribution in [1.82, 2.24) is 10.2 Å². The molecule has 0 radical (unpaired) electrons. The molecule has 0 bridgehead atoms. The number of aryl methyl sites for hydroxylation is 1. The van der Waals surface area contributed by atoms with Crippen molar-refractivity contribution >= 4 is 23.6 Å². The molecule has 3 aromatic rings. The number of H-pyrrole nitrogens is 1. The Bertz CT molecular complexity index is 933. The number of nitriles is 1. The third kappa shape index (κ3) is 4.14. The molecule has 0 aliphatic carbocycles. The number of aromatic amines is 1. The normalized spacial score (nSPS) is 10.9. The number of rotatable bonds is 5. The van der Waals surface area contributed by atoms with Crippen LogP contribution in [0.4, 0.5) is 5.82 Å². The summed E-state index contributed by atoms with van der Waals surface area (Å²) in [4.78, 5) is 4.39. The number of aliphatic imine (C=N–C) groups is 1. The zero-order chi connectivity index (χ0) is 17.6. The van der Waals surface area contributed by atoms with Gasteiger partial charge in [0.05, 0.1) is 5.69 Å². The summed E-state index contributed by atoms with van der Waals surface area (Å²) < 4.78 is 0. The maximum atomic E-state index is 9.48. The van der Waals surface area contributed by atoms with Gasteiger partial charge in [0.1, 0.15) is 11.6 Å². The van der Waals surface area contributed by atoms with Crippen molar-refractivity contribution in [1.29, 1.82) is 5.26 Å². The summed E-state index contributed by atoms with van der Waals surface area (Å²) >= 11 is 5.91. The molecule has 1 heterocycles. The van der Waals surface area contributed by atoms with E-state index in [9.17, 15) is 5.26 Å². The lowest BCUT2D eigenvalue weighted by Gasteiger charge is -1.99. The van der Waals surface area contributed by atoms with Crippen LogP contribution in [0, 0.1) is 11.3 Å². The lowest BCUT2D eigenvalue weighted by molar-refractivity contribution is 0.993. The van der Waals surface area contributed by atoms with Crippen molar-refractivity contribution in [3.8, 4) is 6.07 Å². The van der Waals surface area contributed by atoms with E-state index in [-0.39, 0.29) is 0 Å². The van der Waals surface area contributed by atoms with E-state index in [1.54, 1.807) is 6.21 Å². The summed E-state index contributed by atoms with van der Waals surface area (Å²) in [5, 5.41) is 17.3. The molecule has 1 aromatic heterocycles. The Morgan fingerprint density at radius 2 is 2.00 bits per heavy atom. The Hall–Kier alpha value is -2.90. The van der Waals surface area contributed by atoms with Gasteiger partial charge < -0.3 is 0 Å². The van der Waals surface area contributed by atoms with Gasteiger partial charge in [0, 0.05) is 17.7 Å². The van der Waals surface area contributed by atoms with Crippen LogP contribution in [0.15, 0.2) is 53.5 Å². The van der Waals surface area contributed by atoms with E-state index in [0.29, 0.717) is 22.8 Å². The topological polar surface area (TPSA) is 64.8 Å². The molecule has 25 heavy (non-hydrogen) atoms. The fourth-order valence-corrected chi connectivity index (χ4v) is 2.67. The van der Waals surface area contributed by atoms with Crippen LogP contribution >= 0.6 is 11.6 Å². The van der Waals surface area contributed by atoms with Crippen molar-refractivity contribution in [3.05, 3.63) is 81.5 Å². The van der Waals surface area contributed by atoms with E-state index in [1.807, 2.05) is 36.4 Å². The Morgan fingerprint density at radius 3 is 2.72 bits per heavy atom. The van der Waals surface area contributed by atoms with Gasteiger partial charge in [-0.25, -0.2) is 4.99 Å². The smallest absolute Gasteiger partial charge is 0.191 e. The number of halogens is 1. The predicted molar refractivity (Wildman–Crippen MR) is 101 cm³/mol. The third-order valence-corrected chi connectivity index (χ3v) is 4.18. The van der Waals surface area contributed by atoms with Crippen molar-refractivity contribution in [2.75, 3.05) is 0 Å². The minimum atomic E-state index is 0.411. The van der Waals surface area contributed by atoms with Crippen LogP contribution in [0.25, 0.3) is 0 Å². The van der Waals surface area contributed by atoms with Crippen molar-refractivity contribution in [2.45, 2.75) is 19.8 Å². The van der Waals surface area contributed by atoms with Crippen LogP contribution in [-0.2, 0) is 12.8 Å². The summed E-state index contributed by atoms with van der Waals surface area (Å²) in [5.74, 6) is 0.411. The van der Waals surface area contributed by atoms with E-state index in [0.717, 1.165) is 23.2 Å². The van der Waals surface area contributed by atoms with Gasteiger partial charge in [0.25, 0.3) is 0 Å². The number of hydrogen-bond acceptors (Lipinski definition) is 3. The quantitative estimate of drug-likeness (QED) is 0.670. The van der Waals surface area contributed by atoms with Crippen molar-refractivity contribution < 1.29 is 0 Å². The molecular formula is C20H17ClN4. The molecule has 1 N–H and O–H groups in total. The highest BCUT2D eigenvalue weighted by molar-refractivity contribution is 6.30. The Labute approximate surface area is 151 Å². The zero-order valence-electron chi connectivity index (χ0n) is 13.8. The van der Waals surface area contributed by atoms with Gasteiger partial charge in [-0.15, -0.1) is 0 Å². The van der Waals surface area contributed by atoms with Gasteiger partial charge in [-0.1, -0.05) is 54.9 Å². The lowest BCUT2D eigenvalue weighted by atomic mass is 10.1. The van der Waals surface area contributed by atoms with E-state index in [1.165, 1.54) is 5.56 Å². The Morgan fingerprint density at radius 1 is 1.20 bits per heavy atom.